The highest BCUT2D eigenvalue weighted by Gasteiger charge is 2.34. The quantitative estimate of drug-likeness (QED) is 0.829. The average Bonchev–Trinajstić information content (AvgIpc) is 2.98. The van der Waals surface area contributed by atoms with Gasteiger partial charge in [0.05, 0.1) is 19.1 Å². The van der Waals surface area contributed by atoms with E-state index in [0.717, 1.165) is 5.75 Å². The standard InChI is InChI=1S/C16H22N2O4.ClH/c1-3-14(18-9-8-11(10-18)16(20)21)15(19)17-12-4-6-13(22-2)7-5-12;/h4-7,11,14H,3,8-10H2,1-2H3,(H,17,19)(H,20,21);1H. The van der Waals surface area contributed by atoms with E-state index < -0.39 is 5.97 Å². The van der Waals surface area contributed by atoms with Gasteiger partial charge in [-0.3, -0.25) is 14.5 Å². The van der Waals surface area contributed by atoms with Crippen LogP contribution in [0.5, 0.6) is 5.75 Å². The summed E-state index contributed by atoms with van der Waals surface area (Å²) in [5.41, 5.74) is 0.707. The zero-order valence-electron chi connectivity index (χ0n) is 13.3. The van der Waals surface area contributed by atoms with E-state index in [1.54, 1.807) is 31.4 Å². The van der Waals surface area contributed by atoms with Crippen molar-refractivity contribution in [1.29, 1.82) is 0 Å². The third-order valence-electron chi connectivity index (χ3n) is 4.06. The van der Waals surface area contributed by atoms with E-state index in [1.165, 1.54) is 0 Å². The van der Waals surface area contributed by atoms with Crippen LogP contribution in [0.4, 0.5) is 5.69 Å². The van der Waals surface area contributed by atoms with E-state index in [2.05, 4.69) is 5.32 Å². The number of amides is 1. The molecule has 6 nitrogen and oxygen atoms in total. The number of hydrogen-bond donors (Lipinski definition) is 2. The van der Waals surface area contributed by atoms with Gasteiger partial charge in [-0.1, -0.05) is 6.92 Å². The van der Waals surface area contributed by atoms with Gasteiger partial charge in [0.15, 0.2) is 0 Å². The summed E-state index contributed by atoms with van der Waals surface area (Å²) in [6.45, 7) is 3.02. The second-order valence-electron chi connectivity index (χ2n) is 5.46. The number of methoxy groups -OCH3 is 1. The predicted octanol–water partition coefficient (Wildman–Crippen LogP) is 2.24. The molecule has 2 rings (SSSR count). The van der Waals surface area contributed by atoms with Crippen molar-refractivity contribution in [3.8, 4) is 5.75 Å². The summed E-state index contributed by atoms with van der Waals surface area (Å²) in [4.78, 5) is 25.4. The second kappa shape index (κ2) is 8.74. The number of carboxylic acids is 1. The third kappa shape index (κ3) is 4.84. The number of halogens is 1. The highest BCUT2D eigenvalue weighted by Crippen LogP contribution is 2.22. The fraction of sp³-hybridized carbons (Fsp3) is 0.500. The number of nitrogens with one attached hydrogen (secondary N) is 1. The van der Waals surface area contributed by atoms with Crippen molar-refractivity contribution >= 4 is 30.0 Å². The lowest BCUT2D eigenvalue weighted by Crippen LogP contribution is -2.42. The van der Waals surface area contributed by atoms with Crippen LogP contribution < -0.4 is 10.1 Å². The number of anilines is 1. The van der Waals surface area contributed by atoms with Gasteiger partial charge in [-0.15, -0.1) is 12.4 Å². The molecule has 1 saturated heterocycles. The number of ether oxygens (including phenoxy) is 1. The SMILES string of the molecule is CCC(C(=O)Nc1ccc(OC)cc1)N1CCC(C(=O)O)C1.Cl. The molecule has 1 aliphatic heterocycles. The number of rotatable bonds is 6. The van der Waals surface area contributed by atoms with Gasteiger partial charge < -0.3 is 15.2 Å². The lowest BCUT2D eigenvalue weighted by Gasteiger charge is -2.25. The van der Waals surface area contributed by atoms with Crippen LogP contribution in [-0.2, 0) is 9.59 Å². The van der Waals surface area contributed by atoms with Crippen LogP contribution in [0, 0.1) is 5.92 Å². The molecule has 0 radical (unpaired) electrons. The highest BCUT2D eigenvalue weighted by atomic mass is 35.5. The van der Waals surface area contributed by atoms with E-state index in [4.69, 9.17) is 9.84 Å². The molecule has 0 bridgehead atoms. The first-order valence-electron chi connectivity index (χ1n) is 7.47. The van der Waals surface area contributed by atoms with Gasteiger partial charge in [0.1, 0.15) is 5.75 Å². The van der Waals surface area contributed by atoms with Gasteiger partial charge in [0.25, 0.3) is 0 Å². The Bertz CT molecular complexity index is 535. The third-order valence-corrected chi connectivity index (χ3v) is 4.06. The number of benzene rings is 1. The maximum atomic E-state index is 12.4. The molecule has 0 aromatic heterocycles. The summed E-state index contributed by atoms with van der Waals surface area (Å²) < 4.78 is 5.08. The smallest absolute Gasteiger partial charge is 0.307 e. The number of likely N-dealkylation sites (tertiary alicyclic amines) is 1. The Labute approximate surface area is 142 Å². The van der Waals surface area contributed by atoms with Crippen molar-refractivity contribution in [3.05, 3.63) is 24.3 Å². The number of carboxylic acid groups (broad SMARTS) is 1. The summed E-state index contributed by atoms with van der Waals surface area (Å²) in [6, 6.07) is 6.84. The van der Waals surface area contributed by atoms with Crippen molar-refractivity contribution in [2.45, 2.75) is 25.8 Å². The molecule has 7 heteroatoms. The number of carbonyl (C=O) groups is 2. The Morgan fingerprint density at radius 2 is 2.04 bits per heavy atom. The molecule has 1 aliphatic rings. The van der Waals surface area contributed by atoms with Gasteiger partial charge in [-0.05, 0) is 43.7 Å². The maximum Gasteiger partial charge on any atom is 0.307 e. The molecule has 0 saturated carbocycles. The van der Waals surface area contributed by atoms with Gasteiger partial charge in [-0.25, -0.2) is 0 Å². The van der Waals surface area contributed by atoms with Gasteiger partial charge in [0, 0.05) is 12.2 Å². The van der Waals surface area contributed by atoms with E-state index in [-0.39, 0.29) is 30.3 Å². The number of aliphatic carboxylic acids is 1. The summed E-state index contributed by atoms with van der Waals surface area (Å²) in [5, 5.41) is 12.0. The fourth-order valence-corrected chi connectivity index (χ4v) is 2.78. The molecule has 23 heavy (non-hydrogen) atoms. The van der Waals surface area contributed by atoms with E-state index >= 15 is 0 Å². The molecule has 2 atom stereocenters. The fourth-order valence-electron chi connectivity index (χ4n) is 2.78. The van der Waals surface area contributed by atoms with Crippen LogP contribution in [0.2, 0.25) is 0 Å². The highest BCUT2D eigenvalue weighted by molar-refractivity contribution is 5.94. The Kier molecular flexibility index (Phi) is 7.32. The Morgan fingerprint density at radius 1 is 1.39 bits per heavy atom. The zero-order chi connectivity index (χ0) is 16.1. The summed E-state index contributed by atoms with van der Waals surface area (Å²) in [5.74, 6) is -0.525. The Morgan fingerprint density at radius 3 is 2.52 bits per heavy atom. The minimum Gasteiger partial charge on any atom is -0.497 e. The normalized spacial score (nSPS) is 18.8. The molecule has 1 aromatic rings. The minimum absolute atomic E-state index is 0. The van der Waals surface area contributed by atoms with Crippen LogP contribution in [0.25, 0.3) is 0 Å². The molecular weight excluding hydrogens is 320 g/mol. The summed E-state index contributed by atoms with van der Waals surface area (Å²) >= 11 is 0. The van der Waals surface area contributed by atoms with Crippen molar-refractivity contribution in [2.24, 2.45) is 5.92 Å². The van der Waals surface area contributed by atoms with Crippen LogP contribution in [0.3, 0.4) is 0 Å². The van der Waals surface area contributed by atoms with Crippen LogP contribution in [-0.4, -0.2) is 48.1 Å². The molecule has 1 aromatic carbocycles. The molecule has 1 heterocycles. The predicted molar refractivity (Wildman–Crippen MR) is 90.3 cm³/mol. The first-order valence-corrected chi connectivity index (χ1v) is 7.47. The van der Waals surface area contributed by atoms with Crippen molar-refractivity contribution < 1.29 is 19.4 Å². The molecule has 1 fully saturated rings. The Balaban J connectivity index is 0.00000264. The van der Waals surface area contributed by atoms with E-state index in [9.17, 15) is 9.59 Å². The number of hydrogen-bond acceptors (Lipinski definition) is 4. The van der Waals surface area contributed by atoms with Gasteiger partial charge in [-0.2, -0.15) is 0 Å². The molecule has 2 unspecified atom stereocenters. The largest absolute Gasteiger partial charge is 0.497 e. The Hall–Kier alpha value is -1.79. The molecule has 0 spiro atoms. The summed E-state index contributed by atoms with van der Waals surface area (Å²) in [6.07, 6.45) is 1.25. The number of carbonyl (C=O) groups excluding carboxylic acids is 1. The number of nitrogens with zero attached hydrogens (tertiary/aromatic N) is 1. The molecule has 2 N–H and O–H groups in total. The molecular formula is C16H23ClN2O4. The second-order valence-corrected chi connectivity index (χ2v) is 5.46. The first-order chi connectivity index (χ1) is 10.5. The molecule has 0 aliphatic carbocycles. The van der Waals surface area contributed by atoms with E-state index in [0.29, 0.717) is 31.6 Å². The topological polar surface area (TPSA) is 78.9 Å². The van der Waals surface area contributed by atoms with E-state index in [1.807, 2.05) is 11.8 Å². The van der Waals surface area contributed by atoms with Gasteiger partial charge >= 0.3 is 5.97 Å². The monoisotopic (exact) mass is 342 g/mol. The first kappa shape index (κ1) is 19.3. The lowest BCUT2D eigenvalue weighted by molar-refractivity contribution is -0.141. The maximum absolute atomic E-state index is 12.4. The van der Waals surface area contributed by atoms with Crippen molar-refractivity contribution in [1.82, 2.24) is 4.90 Å². The van der Waals surface area contributed by atoms with Crippen LogP contribution >= 0.6 is 12.4 Å². The van der Waals surface area contributed by atoms with Gasteiger partial charge in [0.2, 0.25) is 5.91 Å². The zero-order valence-corrected chi connectivity index (χ0v) is 14.1. The molecule has 1 amide bonds. The van der Waals surface area contributed by atoms with Crippen LogP contribution in [0.1, 0.15) is 19.8 Å². The van der Waals surface area contributed by atoms with Crippen molar-refractivity contribution in [3.63, 3.8) is 0 Å². The lowest BCUT2D eigenvalue weighted by atomic mass is 10.1. The molecule has 128 valence electrons. The average molecular weight is 343 g/mol. The van der Waals surface area contributed by atoms with Crippen LogP contribution in [0.15, 0.2) is 24.3 Å². The minimum atomic E-state index is -0.784. The summed E-state index contributed by atoms with van der Waals surface area (Å²) in [7, 11) is 1.59. The van der Waals surface area contributed by atoms with Crippen molar-refractivity contribution in [2.75, 3.05) is 25.5 Å².